The maximum Gasteiger partial charge on any atom is 0.120 e. The van der Waals surface area contributed by atoms with E-state index in [4.69, 9.17) is 9.47 Å². The minimum Gasteiger partial charge on any atom is -0.489 e. The highest BCUT2D eigenvalue weighted by Crippen LogP contribution is 2.31. The van der Waals surface area contributed by atoms with E-state index in [1.54, 1.807) is 0 Å². The van der Waals surface area contributed by atoms with Crippen LogP contribution in [0.3, 0.4) is 0 Å². The summed E-state index contributed by atoms with van der Waals surface area (Å²) in [6.45, 7) is 1.01. The molecule has 2 nitrogen and oxygen atoms in total. The molecule has 0 fully saturated rings. The molecule has 0 N–H and O–H groups in total. The smallest absolute Gasteiger partial charge is 0.120 e. The van der Waals surface area contributed by atoms with Gasteiger partial charge in [-0.3, -0.25) is 0 Å². The molecule has 7 rings (SSSR count). The zero-order chi connectivity index (χ0) is 25.3. The van der Waals surface area contributed by atoms with Crippen LogP contribution >= 0.6 is 17.0 Å². The highest BCUT2D eigenvalue weighted by atomic mass is 79.9. The van der Waals surface area contributed by atoms with E-state index in [2.05, 4.69) is 109 Å². The minimum absolute atomic E-state index is 0. The second-order valence-corrected chi connectivity index (χ2v) is 9.64. The number of ether oxygens (including phenoxy) is 2. The molecule has 0 saturated heterocycles. The third kappa shape index (κ3) is 4.82. The molecule has 0 atom stereocenters. The Bertz CT molecular complexity index is 1680. The van der Waals surface area contributed by atoms with Crippen LogP contribution in [0, 0.1) is 0 Å². The Morgan fingerprint density at radius 2 is 0.641 bits per heavy atom. The van der Waals surface area contributed by atoms with Crippen molar-refractivity contribution in [2.45, 2.75) is 13.2 Å². The normalized spacial score (nSPS) is 11.1. The predicted molar refractivity (Wildman–Crippen MR) is 168 cm³/mol. The molecular formula is C36H27BrO2. The molecule has 7 aromatic rings. The molecule has 0 aliphatic rings. The van der Waals surface area contributed by atoms with E-state index < -0.39 is 0 Å². The zero-order valence-corrected chi connectivity index (χ0v) is 23.1. The van der Waals surface area contributed by atoms with Crippen LogP contribution in [0.4, 0.5) is 0 Å². The molecule has 0 aliphatic heterocycles. The van der Waals surface area contributed by atoms with Crippen LogP contribution in [-0.4, -0.2) is 0 Å². The molecule has 39 heavy (non-hydrogen) atoms. The molecule has 3 heteroatoms. The quantitative estimate of drug-likeness (QED) is 0.185. The van der Waals surface area contributed by atoms with Gasteiger partial charge >= 0.3 is 0 Å². The van der Waals surface area contributed by atoms with Crippen molar-refractivity contribution < 1.29 is 9.47 Å². The van der Waals surface area contributed by atoms with Crippen LogP contribution in [0.2, 0.25) is 0 Å². The Balaban J connectivity index is 0.00000277. The fraction of sp³-hybridized carbons (Fsp3) is 0.0556. The van der Waals surface area contributed by atoms with Crippen LogP contribution in [0.15, 0.2) is 133 Å². The van der Waals surface area contributed by atoms with Crippen LogP contribution in [-0.2, 0) is 13.2 Å². The summed E-state index contributed by atoms with van der Waals surface area (Å²) in [7, 11) is 0. The number of fused-ring (bicyclic) bond motifs is 4. The summed E-state index contributed by atoms with van der Waals surface area (Å²) in [6, 6.07) is 46.5. The SMILES string of the molecule is Br.c1ccc2c(COc3ccc(OCc4c5ccccc5cc5ccccc45)cc3)c3ccccc3cc2c1. The van der Waals surface area contributed by atoms with Gasteiger partial charge in [0, 0.05) is 11.1 Å². The largest absolute Gasteiger partial charge is 0.489 e. The molecule has 190 valence electrons. The lowest BCUT2D eigenvalue weighted by Crippen LogP contribution is -1.99. The van der Waals surface area contributed by atoms with Gasteiger partial charge < -0.3 is 9.47 Å². The summed E-state index contributed by atoms with van der Waals surface area (Å²) in [4.78, 5) is 0. The Labute approximate surface area is 238 Å². The van der Waals surface area contributed by atoms with Gasteiger partial charge in [0.25, 0.3) is 0 Å². The van der Waals surface area contributed by atoms with Gasteiger partial charge in [0.2, 0.25) is 0 Å². The maximum atomic E-state index is 6.29. The van der Waals surface area contributed by atoms with Crippen molar-refractivity contribution in [2.24, 2.45) is 0 Å². The van der Waals surface area contributed by atoms with Crippen LogP contribution in [0.25, 0.3) is 43.1 Å². The van der Waals surface area contributed by atoms with Crippen molar-refractivity contribution in [1.29, 1.82) is 0 Å². The van der Waals surface area contributed by atoms with E-state index in [-0.39, 0.29) is 17.0 Å². The van der Waals surface area contributed by atoms with E-state index in [9.17, 15) is 0 Å². The molecule has 0 spiro atoms. The number of hydrogen-bond donors (Lipinski definition) is 0. The highest BCUT2D eigenvalue weighted by molar-refractivity contribution is 8.93. The monoisotopic (exact) mass is 570 g/mol. The molecule has 0 saturated carbocycles. The molecule has 0 radical (unpaired) electrons. The fourth-order valence-corrected chi connectivity index (χ4v) is 5.47. The van der Waals surface area contributed by atoms with Gasteiger partial charge in [-0.2, -0.15) is 0 Å². The molecule has 0 aliphatic carbocycles. The van der Waals surface area contributed by atoms with Crippen LogP contribution in [0.1, 0.15) is 11.1 Å². The van der Waals surface area contributed by atoms with E-state index >= 15 is 0 Å². The first-order valence-corrected chi connectivity index (χ1v) is 13.0. The standard InChI is InChI=1S/C36H26O2.BrH/c1-5-13-31-25(9-1)21-26-10-2-6-14-32(26)35(31)23-37-29-17-19-30(20-18-29)38-24-36-33-15-7-3-11-27(33)22-28-12-4-8-16-34(28)36;/h1-22H,23-24H2;1H. The van der Waals surface area contributed by atoms with Gasteiger partial charge in [-0.25, -0.2) is 0 Å². The van der Waals surface area contributed by atoms with E-state index in [1.165, 1.54) is 54.2 Å². The molecule has 0 bridgehead atoms. The van der Waals surface area contributed by atoms with Crippen molar-refractivity contribution in [2.75, 3.05) is 0 Å². The lowest BCUT2D eigenvalue weighted by molar-refractivity contribution is 0.300. The molecular weight excluding hydrogens is 544 g/mol. The predicted octanol–water partition coefficient (Wildman–Crippen LogP) is 10.0. The van der Waals surface area contributed by atoms with Gasteiger partial charge in [-0.15, -0.1) is 17.0 Å². The van der Waals surface area contributed by atoms with E-state index in [0.717, 1.165) is 11.5 Å². The van der Waals surface area contributed by atoms with Crippen molar-refractivity contribution in [3.8, 4) is 11.5 Å². The number of benzene rings is 7. The van der Waals surface area contributed by atoms with Crippen molar-refractivity contribution in [3.63, 3.8) is 0 Å². The Kier molecular flexibility index (Phi) is 6.91. The van der Waals surface area contributed by atoms with E-state index in [1.807, 2.05) is 24.3 Å². The average Bonchev–Trinajstić information content (AvgIpc) is 2.98. The second kappa shape index (κ2) is 10.8. The Morgan fingerprint density at radius 3 is 0.949 bits per heavy atom. The fourth-order valence-electron chi connectivity index (χ4n) is 5.47. The Morgan fingerprint density at radius 1 is 0.359 bits per heavy atom. The second-order valence-electron chi connectivity index (χ2n) is 9.64. The van der Waals surface area contributed by atoms with Gasteiger partial charge in [-0.1, -0.05) is 97.1 Å². The van der Waals surface area contributed by atoms with Gasteiger partial charge in [-0.05, 0) is 79.5 Å². The molecule has 0 unspecified atom stereocenters. The topological polar surface area (TPSA) is 18.5 Å². The van der Waals surface area contributed by atoms with Crippen LogP contribution in [0.5, 0.6) is 11.5 Å². The molecule has 7 aromatic carbocycles. The first-order chi connectivity index (χ1) is 18.8. The minimum atomic E-state index is 0. The van der Waals surface area contributed by atoms with Crippen LogP contribution < -0.4 is 9.47 Å². The lowest BCUT2D eigenvalue weighted by atomic mass is 9.97. The summed E-state index contributed by atoms with van der Waals surface area (Å²) in [5.41, 5.74) is 2.42. The third-order valence-corrected chi connectivity index (χ3v) is 7.36. The number of rotatable bonds is 6. The molecule has 0 aromatic heterocycles. The average molecular weight is 572 g/mol. The van der Waals surface area contributed by atoms with Gasteiger partial charge in [0.15, 0.2) is 0 Å². The lowest BCUT2D eigenvalue weighted by Gasteiger charge is -2.14. The van der Waals surface area contributed by atoms with Gasteiger partial charge in [0.1, 0.15) is 24.7 Å². The highest BCUT2D eigenvalue weighted by Gasteiger charge is 2.10. The number of hydrogen-bond acceptors (Lipinski definition) is 2. The van der Waals surface area contributed by atoms with Gasteiger partial charge in [0.05, 0.1) is 0 Å². The first kappa shape index (κ1) is 25.0. The summed E-state index contributed by atoms with van der Waals surface area (Å²) in [6.07, 6.45) is 0. The summed E-state index contributed by atoms with van der Waals surface area (Å²) in [5, 5.41) is 9.84. The molecule has 0 heterocycles. The summed E-state index contributed by atoms with van der Waals surface area (Å²) < 4.78 is 12.6. The maximum absolute atomic E-state index is 6.29. The first-order valence-electron chi connectivity index (χ1n) is 13.0. The third-order valence-electron chi connectivity index (χ3n) is 7.36. The van der Waals surface area contributed by atoms with E-state index in [0.29, 0.717) is 13.2 Å². The van der Waals surface area contributed by atoms with Crippen molar-refractivity contribution in [3.05, 3.63) is 145 Å². The summed E-state index contributed by atoms with van der Waals surface area (Å²) in [5.74, 6) is 1.65. The Hall–Kier alpha value is -4.34. The zero-order valence-electron chi connectivity index (χ0n) is 21.3. The molecule has 0 amide bonds. The van der Waals surface area contributed by atoms with Crippen molar-refractivity contribution in [1.82, 2.24) is 0 Å². The summed E-state index contributed by atoms with van der Waals surface area (Å²) >= 11 is 0. The van der Waals surface area contributed by atoms with Crippen molar-refractivity contribution >= 4 is 60.1 Å². The number of halogens is 1.